The minimum atomic E-state index is -0.0375. The van der Waals surface area contributed by atoms with Gasteiger partial charge in [-0.25, -0.2) is 0 Å². The summed E-state index contributed by atoms with van der Waals surface area (Å²) in [4.78, 5) is 15.7. The van der Waals surface area contributed by atoms with Gasteiger partial charge in [0.15, 0.2) is 0 Å². The van der Waals surface area contributed by atoms with Crippen molar-refractivity contribution in [2.24, 2.45) is 5.73 Å². The van der Waals surface area contributed by atoms with E-state index >= 15 is 0 Å². The SMILES string of the molecule is CCN(C)C(=O)CN(C)C(CC)(CC)CN. The van der Waals surface area contributed by atoms with Crippen molar-refractivity contribution >= 4 is 5.91 Å². The van der Waals surface area contributed by atoms with E-state index in [0.717, 1.165) is 19.4 Å². The van der Waals surface area contributed by atoms with E-state index in [1.165, 1.54) is 0 Å². The molecule has 1 amide bonds. The van der Waals surface area contributed by atoms with Gasteiger partial charge in [-0.15, -0.1) is 0 Å². The summed E-state index contributed by atoms with van der Waals surface area (Å²) < 4.78 is 0. The van der Waals surface area contributed by atoms with Crippen LogP contribution in [0, 0.1) is 0 Å². The first-order valence-electron chi connectivity index (χ1n) is 6.12. The second-order valence-electron chi connectivity index (χ2n) is 4.40. The van der Waals surface area contributed by atoms with Crippen LogP contribution in [-0.4, -0.2) is 55.0 Å². The Balaban J connectivity index is 4.53. The van der Waals surface area contributed by atoms with Crippen molar-refractivity contribution in [1.29, 1.82) is 0 Å². The van der Waals surface area contributed by atoms with E-state index in [1.807, 2.05) is 21.0 Å². The van der Waals surface area contributed by atoms with Crippen molar-refractivity contribution < 1.29 is 4.79 Å². The Kier molecular flexibility index (Phi) is 6.60. The Labute approximate surface area is 99.8 Å². The zero-order chi connectivity index (χ0) is 12.8. The molecule has 0 aliphatic heterocycles. The number of rotatable bonds is 7. The number of amides is 1. The van der Waals surface area contributed by atoms with Crippen LogP contribution in [0.3, 0.4) is 0 Å². The molecule has 0 bridgehead atoms. The normalized spacial score (nSPS) is 11.9. The lowest BCUT2D eigenvalue weighted by Gasteiger charge is -2.40. The van der Waals surface area contributed by atoms with Crippen LogP contribution in [0.25, 0.3) is 0 Å². The minimum Gasteiger partial charge on any atom is -0.345 e. The van der Waals surface area contributed by atoms with Crippen LogP contribution < -0.4 is 5.73 Å². The van der Waals surface area contributed by atoms with Crippen LogP contribution >= 0.6 is 0 Å². The largest absolute Gasteiger partial charge is 0.345 e. The maximum atomic E-state index is 11.8. The third-order valence-corrected chi connectivity index (χ3v) is 3.78. The van der Waals surface area contributed by atoms with Crippen molar-refractivity contribution in [2.45, 2.75) is 39.2 Å². The molecule has 2 N–H and O–H groups in total. The van der Waals surface area contributed by atoms with Crippen LogP contribution in [0.15, 0.2) is 0 Å². The molecule has 96 valence electrons. The van der Waals surface area contributed by atoms with Crippen molar-refractivity contribution in [3.8, 4) is 0 Å². The van der Waals surface area contributed by atoms with E-state index in [9.17, 15) is 4.79 Å². The highest BCUT2D eigenvalue weighted by atomic mass is 16.2. The first-order chi connectivity index (χ1) is 7.47. The summed E-state index contributed by atoms with van der Waals surface area (Å²) in [6.45, 7) is 8.03. The summed E-state index contributed by atoms with van der Waals surface area (Å²) in [6.07, 6.45) is 1.94. The topological polar surface area (TPSA) is 49.6 Å². The second kappa shape index (κ2) is 6.86. The van der Waals surface area contributed by atoms with Gasteiger partial charge in [0, 0.05) is 25.7 Å². The zero-order valence-corrected chi connectivity index (χ0v) is 11.4. The standard InChI is InChI=1S/C12H27N3O/c1-6-12(7-2,10-13)15(5)9-11(16)14(4)8-3/h6-10,13H2,1-5H3. The van der Waals surface area contributed by atoms with Crippen LogP contribution in [0.2, 0.25) is 0 Å². The Morgan fingerprint density at radius 1 is 1.19 bits per heavy atom. The van der Waals surface area contributed by atoms with Gasteiger partial charge in [0.2, 0.25) is 5.91 Å². The lowest BCUT2D eigenvalue weighted by molar-refractivity contribution is -0.132. The Bertz CT molecular complexity index is 206. The van der Waals surface area contributed by atoms with E-state index < -0.39 is 0 Å². The molecular formula is C12H27N3O. The molecule has 0 aliphatic carbocycles. The molecule has 4 nitrogen and oxygen atoms in total. The predicted molar refractivity (Wildman–Crippen MR) is 68.3 cm³/mol. The molecule has 0 aromatic heterocycles. The highest BCUT2D eigenvalue weighted by Crippen LogP contribution is 2.20. The van der Waals surface area contributed by atoms with E-state index in [4.69, 9.17) is 5.73 Å². The number of likely N-dealkylation sites (N-methyl/N-ethyl adjacent to an activating group) is 2. The molecule has 4 heteroatoms. The van der Waals surface area contributed by atoms with Crippen LogP contribution in [-0.2, 0) is 4.79 Å². The first-order valence-corrected chi connectivity index (χ1v) is 6.12. The van der Waals surface area contributed by atoms with Gasteiger partial charge in [0.05, 0.1) is 6.54 Å². The molecule has 0 saturated heterocycles. The van der Waals surface area contributed by atoms with Gasteiger partial charge < -0.3 is 10.6 Å². The molecule has 0 unspecified atom stereocenters. The Hall–Kier alpha value is -0.610. The molecule has 0 fully saturated rings. The van der Waals surface area contributed by atoms with Crippen LogP contribution in [0.1, 0.15) is 33.6 Å². The van der Waals surface area contributed by atoms with E-state index in [-0.39, 0.29) is 11.4 Å². The van der Waals surface area contributed by atoms with Crippen LogP contribution in [0.5, 0.6) is 0 Å². The molecule has 0 spiro atoms. The van der Waals surface area contributed by atoms with Crippen molar-refractivity contribution in [3.05, 3.63) is 0 Å². The number of nitrogens with two attached hydrogens (primary N) is 1. The van der Waals surface area contributed by atoms with E-state index in [0.29, 0.717) is 13.1 Å². The van der Waals surface area contributed by atoms with Gasteiger partial charge in [0.25, 0.3) is 0 Å². The molecular weight excluding hydrogens is 202 g/mol. The van der Waals surface area contributed by atoms with Gasteiger partial charge in [-0.2, -0.15) is 0 Å². The average molecular weight is 229 g/mol. The maximum absolute atomic E-state index is 11.8. The van der Waals surface area contributed by atoms with Gasteiger partial charge in [-0.3, -0.25) is 9.69 Å². The minimum absolute atomic E-state index is 0.0375. The smallest absolute Gasteiger partial charge is 0.236 e. The summed E-state index contributed by atoms with van der Waals surface area (Å²) in [7, 11) is 3.82. The highest BCUT2D eigenvalue weighted by Gasteiger charge is 2.30. The van der Waals surface area contributed by atoms with Crippen molar-refractivity contribution in [3.63, 3.8) is 0 Å². The highest BCUT2D eigenvalue weighted by molar-refractivity contribution is 5.78. The number of carbonyl (C=O) groups excluding carboxylic acids is 1. The monoisotopic (exact) mass is 229 g/mol. The Morgan fingerprint density at radius 2 is 1.69 bits per heavy atom. The number of hydrogen-bond acceptors (Lipinski definition) is 3. The second-order valence-corrected chi connectivity index (χ2v) is 4.40. The Morgan fingerprint density at radius 3 is 2.00 bits per heavy atom. The zero-order valence-electron chi connectivity index (χ0n) is 11.4. The molecule has 0 saturated carbocycles. The lowest BCUT2D eigenvalue weighted by Crippen LogP contribution is -2.54. The molecule has 0 atom stereocenters. The fourth-order valence-electron chi connectivity index (χ4n) is 1.90. The summed E-state index contributed by atoms with van der Waals surface area (Å²) >= 11 is 0. The van der Waals surface area contributed by atoms with Gasteiger partial charge >= 0.3 is 0 Å². The summed E-state index contributed by atoms with van der Waals surface area (Å²) in [5.74, 6) is 0.157. The average Bonchev–Trinajstić information content (AvgIpc) is 2.30. The number of carbonyl (C=O) groups is 1. The van der Waals surface area contributed by atoms with E-state index in [1.54, 1.807) is 4.90 Å². The summed E-state index contributed by atoms with van der Waals surface area (Å²) in [5.41, 5.74) is 5.81. The van der Waals surface area contributed by atoms with Crippen LogP contribution in [0.4, 0.5) is 0 Å². The molecule has 0 rings (SSSR count). The van der Waals surface area contributed by atoms with E-state index in [2.05, 4.69) is 18.7 Å². The summed E-state index contributed by atoms with van der Waals surface area (Å²) in [5, 5.41) is 0. The fourth-order valence-corrected chi connectivity index (χ4v) is 1.90. The van der Waals surface area contributed by atoms with Gasteiger partial charge in [-0.05, 0) is 26.8 Å². The summed E-state index contributed by atoms with van der Waals surface area (Å²) in [6, 6.07) is 0. The lowest BCUT2D eigenvalue weighted by atomic mass is 9.91. The molecule has 0 aliphatic rings. The third-order valence-electron chi connectivity index (χ3n) is 3.78. The maximum Gasteiger partial charge on any atom is 0.236 e. The van der Waals surface area contributed by atoms with Gasteiger partial charge in [-0.1, -0.05) is 13.8 Å². The van der Waals surface area contributed by atoms with Crippen molar-refractivity contribution in [2.75, 3.05) is 33.7 Å². The molecule has 0 heterocycles. The van der Waals surface area contributed by atoms with Gasteiger partial charge in [0.1, 0.15) is 0 Å². The predicted octanol–water partition coefficient (Wildman–Crippen LogP) is 0.914. The number of nitrogens with zero attached hydrogens (tertiary/aromatic N) is 2. The molecule has 16 heavy (non-hydrogen) atoms. The first kappa shape index (κ1) is 15.4. The quantitative estimate of drug-likeness (QED) is 0.706. The third kappa shape index (κ3) is 3.46. The fraction of sp³-hybridized carbons (Fsp3) is 0.917. The molecule has 0 radical (unpaired) electrons. The van der Waals surface area contributed by atoms with Crippen molar-refractivity contribution in [1.82, 2.24) is 9.80 Å². The molecule has 0 aromatic carbocycles. The molecule has 0 aromatic rings. The number of hydrogen-bond donors (Lipinski definition) is 1.